The second-order valence-corrected chi connectivity index (χ2v) is 6.68. The smallest absolute Gasteiger partial charge is 0.258 e. The van der Waals surface area contributed by atoms with E-state index >= 15 is 0 Å². The normalized spacial score (nSPS) is 10.2. The van der Waals surface area contributed by atoms with E-state index in [0.717, 1.165) is 5.56 Å². The lowest BCUT2D eigenvalue weighted by molar-refractivity contribution is -0.125. The van der Waals surface area contributed by atoms with Gasteiger partial charge in [-0.3, -0.25) is 9.59 Å². The number of benzene rings is 2. The topological polar surface area (TPSA) is 76.7 Å². The van der Waals surface area contributed by atoms with Gasteiger partial charge in [0.05, 0.1) is 23.8 Å². The van der Waals surface area contributed by atoms with Gasteiger partial charge in [-0.2, -0.15) is 0 Å². The van der Waals surface area contributed by atoms with Crippen LogP contribution in [-0.2, 0) is 9.59 Å². The molecule has 0 heterocycles. The average Bonchev–Trinajstić information content (AvgIpc) is 2.59. The minimum absolute atomic E-state index is 0.179. The van der Waals surface area contributed by atoms with Gasteiger partial charge in [-0.25, -0.2) is 0 Å². The lowest BCUT2D eigenvalue weighted by atomic mass is 10.2. The number of hydrogen-bond donors (Lipinski definition) is 2. The third-order valence-electron chi connectivity index (χ3n) is 3.33. The third-order valence-corrected chi connectivity index (χ3v) is 4.18. The molecule has 0 radical (unpaired) electrons. The molecule has 0 saturated heterocycles. The van der Waals surface area contributed by atoms with Gasteiger partial charge in [-0.15, -0.1) is 0 Å². The molecule has 2 rings (SSSR count). The van der Waals surface area contributed by atoms with Crippen LogP contribution in [0.3, 0.4) is 0 Å². The highest BCUT2D eigenvalue weighted by Crippen LogP contribution is 2.28. The van der Waals surface area contributed by atoms with Crippen molar-refractivity contribution in [1.82, 2.24) is 5.32 Å². The molecule has 0 saturated carbocycles. The van der Waals surface area contributed by atoms with Gasteiger partial charge in [-0.05, 0) is 58.7 Å². The zero-order valence-electron chi connectivity index (χ0n) is 14.3. The Bertz CT molecular complexity index is 814. The standard InChI is InChI=1S/C18H18BrClN2O4/c1-11-3-5-16(25-2)14(7-11)22-17(23)9-21-18(24)10-26-15-6-4-12(20)8-13(15)19/h3-8H,9-10H2,1-2H3,(H,21,24)(H,22,23). The largest absolute Gasteiger partial charge is 0.495 e. The molecule has 0 aliphatic heterocycles. The predicted octanol–water partition coefficient (Wildman–Crippen LogP) is 3.55. The molecular weight excluding hydrogens is 424 g/mol. The number of methoxy groups -OCH3 is 1. The zero-order chi connectivity index (χ0) is 19.1. The van der Waals surface area contributed by atoms with Crippen LogP contribution in [0.2, 0.25) is 5.02 Å². The summed E-state index contributed by atoms with van der Waals surface area (Å²) >= 11 is 9.14. The Labute approximate surface area is 164 Å². The van der Waals surface area contributed by atoms with Crippen molar-refractivity contribution in [1.29, 1.82) is 0 Å². The van der Waals surface area contributed by atoms with E-state index in [1.54, 1.807) is 30.3 Å². The highest BCUT2D eigenvalue weighted by molar-refractivity contribution is 9.10. The Morgan fingerprint density at radius 2 is 1.85 bits per heavy atom. The van der Waals surface area contributed by atoms with Crippen LogP contribution in [0.4, 0.5) is 5.69 Å². The number of rotatable bonds is 7. The maximum absolute atomic E-state index is 12.0. The quantitative estimate of drug-likeness (QED) is 0.689. The number of halogens is 2. The number of amides is 2. The summed E-state index contributed by atoms with van der Waals surface area (Å²) in [5.41, 5.74) is 1.53. The SMILES string of the molecule is COc1ccc(C)cc1NC(=O)CNC(=O)COc1ccc(Cl)cc1Br. The number of anilines is 1. The van der Waals surface area contributed by atoms with Crippen LogP contribution in [0.1, 0.15) is 5.56 Å². The number of nitrogens with one attached hydrogen (secondary N) is 2. The molecule has 0 fully saturated rings. The van der Waals surface area contributed by atoms with Gasteiger partial charge in [-0.1, -0.05) is 17.7 Å². The number of aryl methyl sites for hydroxylation is 1. The summed E-state index contributed by atoms with van der Waals surface area (Å²) in [7, 11) is 1.52. The lowest BCUT2D eigenvalue weighted by Gasteiger charge is -2.12. The predicted molar refractivity (Wildman–Crippen MR) is 104 cm³/mol. The van der Waals surface area contributed by atoms with E-state index in [2.05, 4.69) is 26.6 Å². The summed E-state index contributed by atoms with van der Waals surface area (Å²) in [6, 6.07) is 10.4. The Balaban J connectivity index is 1.81. The molecule has 8 heteroatoms. The summed E-state index contributed by atoms with van der Waals surface area (Å²) in [6.07, 6.45) is 0. The fourth-order valence-corrected chi connectivity index (χ4v) is 2.88. The van der Waals surface area contributed by atoms with Crippen LogP contribution < -0.4 is 20.1 Å². The van der Waals surface area contributed by atoms with Crippen molar-refractivity contribution in [2.75, 3.05) is 25.6 Å². The molecule has 2 N–H and O–H groups in total. The van der Waals surface area contributed by atoms with Crippen LogP contribution in [-0.4, -0.2) is 32.1 Å². The highest BCUT2D eigenvalue weighted by atomic mass is 79.9. The third kappa shape index (κ3) is 5.93. The molecule has 0 aromatic heterocycles. The van der Waals surface area contributed by atoms with Gasteiger partial charge in [0.15, 0.2) is 6.61 Å². The van der Waals surface area contributed by atoms with Crippen molar-refractivity contribution in [3.05, 3.63) is 51.5 Å². The van der Waals surface area contributed by atoms with Crippen molar-refractivity contribution in [2.45, 2.75) is 6.92 Å². The van der Waals surface area contributed by atoms with E-state index in [1.807, 2.05) is 13.0 Å². The molecule has 2 aromatic rings. The molecule has 0 aliphatic carbocycles. The van der Waals surface area contributed by atoms with E-state index in [-0.39, 0.29) is 19.1 Å². The van der Waals surface area contributed by atoms with Crippen LogP contribution in [0, 0.1) is 6.92 Å². The fraction of sp³-hybridized carbons (Fsp3) is 0.222. The molecule has 2 amide bonds. The van der Waals surface area contributed by atoms with E-state index in [9.17, 15) is 9.59 Å². The molecule has 26 heavy (non-hydrogen) atoms. The summed E-state index contributed by atoms with van der Waals surface area (Å²) in [6.45, 7) is 1.51. The second-order valence-electron chi connectivity index (χ2n) is 5.39. The van der Waals surface area contributed by atoms with E-state index in [1.165, 1.54) is 7.11 Å². The molecule has 0 unspecified atom stereocenters. The number of ether oxygens (including phenoxy) is 2. The highest BCUT2D eigenvalue weighted by Gasteiger charge is 2.11. The van der Waals surface area contributed by atoms with E-state index in [4.69, 9.17) is 21.1 Å². The molecular formula is C18H18BrClN2O4. The zero-order valence-corrected chi connectivity index (χ0v) is 16.6. The maximum Gasteiger partial charge on any atom is 0.258 e. The van der Waals surface area contributed by atoms with E-state index < -0.39 is 5.91 Å². The van der Waals surface area contributed by atoms with Gasteiger partial charge in [0.25, 0.3) is 5.91 Å². The number of carbonyl (C=O) groups is 2. The Morgan fingerprint density at radius 3 is 2.54 bits per heavy atom. The summed E-state index contributed by atoms with van der Waals surface area (Å²) in [5.74, 6) is 0.248. The summed E-state index contributed by atoms with van der Waals surface area (Å²) in [4.78, 5) is 23.9. The fourth-order valence-electron chi connectivity index (χ4n) is 2.08. The van der Waals surface area contributed by atoms with Crippen LogP contribution in [0.15, 0.2) is 40.9 Å². The van der Waals surface area contributed by atoms with Crippen molar-refractivity contribution in [3.63, 3.8) is 0 Å². The number of hydrogen-bond acceptors (Lipinski definition) is 4. The Morgan fingerprint density at radius 1 is 1.12 bits per heavy atom. The minimum Gasteiger partial charge on any atom is -0.495 e. The molecule has 2 aromatic carbocycles. The van der Waals surface area contributed by atoms with Crippen LogP contribution in [0.25, 0.3) is 0 Å². The first-order chi connectivity index (χ1) is 12.4. The Kier molecular flexibility index (Phi) is 7.29. The van der Waals surface area contributed by atoms with Gasteiger partial charge >= 0.3 is 0 Å². The van der Waals surface area contributed by atoms with Crippen molar-refractivity contribution >= 4 is 45.0 Å². The molecule has 0 bridgehead atoms. The van der Waals surface area contributed by atoms with Crippen molar-refractivity contribution < 1.29 is 19.1 Å². The van der Waals surface area contributed by atoms with Crippen LogP contribution in [0.5, 0.6) is 11.5 Å². The Hall–Kier alpha value is -2.25. The van der Waals surface area contributed by atoms with Gasteiger partial charge in [0, 0.05) is 5.02 Å². The molecule has 0 aliphatic rings. The maximum atomic E-state index is 12.0. The molecule has 138 valence electrons. The molecule has 0 atom stereocenters. The lowest BCUT2D eigenvalue weighted by Crippen LogP contribution is -2.35. The number of carbonyl (C=O) groups excluding carboxylic acids is 2. The second kappa shape index (κ2) is 9.45. The van der Waals surface area contributed by atoms with Gasteiger partial charge in [0.1, 0.15) is 11.5 Å². The minimum atomic E-state index is -0.418. The first kappa shape index (κ1) is 20.1. The van der Waals surface area contributed by atoms with Gasteiger partial charge < -0.3 is 20.1 Å². The van der Waals surface area contributed by atoms with Crippen LogP contribution >= 0.6 is 27.5 Å². The summed E-state index contributed by atoms with van der Waals surface area (Å²) < 4.78 is 11.2. The van der Waals surface area contributed by atoms with E-state index in [0.29, 0.717) is 26.7 Å². The average molecular weight is 442 g/mol. The van der Waals surface area contributed by atoms with Crippen molar-refractivity contribution in [2.24, 2.45) is 0 Å². The molecule has 0 spiro atoms. The monoisotopic (exact) mass is 440 g/mol. The van der Waals surface area contributed by atoms with Gasteiger partial charge in [0.2, 0.25) is 5.91 Å². The molecule has 6 nitrogen and oxygen atoms in total. The first-order valence-corrected chi connectivity index (χ1v) is 8.85. The first-order valence-electron chi connectivity index (χ1n) is 7.68. The summed E-state index contributed by atoms with van der Waals surface area (Å²) in [5, 5.41) is 5.76. The van der Waals surface area contributed by atoms with Crippen molar-refractivity contribution in [3.8, 4) is 11.5 Å².